The number of rotatable bonds is 3. The van der Waals surface area contributed by atoms with Crippen molar-refractivity contribution in [1.29, 1.82) is 0 Å². The molecule has 0 amide bonds. The lowest BCUT2D eigenvalue weighted by Crippen LogP contribution is -2.42. The Balaban J connectivity index is 1.36. The van der Waals surface area contributed by atoms with Crippen molar-refractivity contribution in [3.05, 3.63) is 53.6 Å². The lowest BCUT2D eigenvalue weighted by molar-refractivity contribution is -0.129. The van der Waals surface area contributed by atoms with E-state index in [0.717, 1.165) is 43.6 Å². The second kappa shape index (κ2) is 6.90. The summed E-state index contributed by atoms with van der Waals surface area (Å²) in [6.45, 7) is 2.25. The van der Waals surface area contributed by atoms with Crippen molar-refractivity contribution >= 4 is 11.5 Å². The monoisotopic (exact) mass is 389 g/mol. The summed E-state index contributed by atoms with van der Waals surface area (Å²) in [4.78, 5) is 14.6. The first-order chi connectivity index (χ1) is 14.0. The van der Waals surface area contributed by atoms with Gasteiger partial charge in [0.15, 0.2) is 0 Å². The Labute approximate surface area is 174 Å². The normalized spacial score (nSPS) is 30.3. The van der Waals surface area contributed by atoms with Crippen molar-refractivity contribution in [1.82, 2.24) is 0 Å². The molecular formula is C26H31NO2. The molecule has 3 aliphatic rings. The van der Waals surface area contributed by atoms with Crippen molar-refractivity contribution < 1.29 is 9.53 Å². The second-order valence-electron chi connectivity index (χ2n) is 9.68. The van der Waals surface area contributed by atoms with Gasteiger partial charge in [0.25, 0.3) is 0 Å². The number of carbonyl (C=O) groups excluding carboxylic acids is 1. The standard InChI is InChI=1S/C26H31NO2/c1-26-15-14-22-21-11-9-20(29-19-7-5-18(6-8-19)27(2)3)16-17(21)4-10-23(22)24(26)12-13-25(26)28/h5-9,11,16,22-24H,4,10,12-15H2,1-3H3/t22-,23+,24+,26+/m1/s1. The van der Waals surface area contributed by atoms with E-state index in [9.17, 15) is 4.79 Å². The maximum absolute atomic E-state index is 12.5. The lowest BCUT2D eigenvalue weighted by atomic mass is 9.55. The maximum Gasteiger partial charge on any atom is 0.139 e. The van der Waals surface area contributed by atoms with Crippen LogP contribution in [-0.4, -0.2) is 19.9 Å². The molecular weight excluding hydrogens is 358 g/mol. The topological polar surface area (TPSA) is 29.5 Å². The van der Waals surface area contributed by atoms with E-state index in [4.69, 9.17) is 4.74 Å². The highest BCUT2D eigenvalue weighted by Gasteiger charge is 2.54. The lowest BCUT2D eigenvalue weighted by Gasteiger charge is -2.48. The average Bonchev–Trinajstić information content (AvgIpc) is 3.03. The predicted molar refractivity (Wildman–Crippen MR) is 117 cm³/mol. The summed E-state index contributed by atoms with van der Waals surface area (Å²) in [6.07, 6.45) is 6.45. The number of fused-ring (bicyclic) bond motifs is 5. The van der Waals surface area contributed by atoms with Gasteiger partial charge in [-0.25, -0.2) is 0 Å². The number of Topliss-reactive ketones (excluding diaryl/α,β-unsaturated/α-hetero) is 1. The molecule has 0 unspecified atom stereocenters. The second-order valence-corrected chi connectivity index (χ2v) is 9.68. The van der Waals surface area contributed by atoms with Gasteiger partial charge in [-0.05, 0) is 97.4 Å². The van der Waals surface area contributed by atoms with Crippen LogP contribution in [0.15, 0.2) is 42.5 Å². The number of anilines is 1. The first kappa shape index (κ1) is 18.7. The summed E-state index contributed by atoms with van der Waals surface area (Å²) >= 11 is 0. The van der Waals surface area contributed by atoms with E-state index < -0.39 is 0 Å². The van der Waals surface area contributed by atoms with Gasteiger partial charge >= 0.3 is 0 Å². The van der Waals surface area contributed by atoms with Gasteiger partial charge in [0.05, 0.1) is 0 Å². The number of ketones is 1. The third kappa shape index (κ3) is 3.06. The zero-order chi connectivity index (χ0) is 20.2. The number of ether oxygens (including phenoxy) is 1. The van der Waals surface area contributed by atoms with Gasteiger partial charge in [0.2, 0.25) is 0 Å². The Morgan fingerprint density at radius 3 is 2.48 bits per heavy atom. The minimum atomic E-state index is -0.0412. The third-order valence-electron chi connectivity index (χ3n) is 8.00. The van der Waals surface area contributed by atoms with E-state index in [1.165, 1.54) is 23.2 Å². The van der Waals surface area contributed by atoms with Crippen LogP contribution in [0.5, 0.6) is 11.5 Å². The molecule has 4 atom stereocenters. The van der Waals surface area contributed by atoms with Gasteiger partial charge in [-0.3, -0.25) is 4.79 Å². The van der Waals surface area contributed by atoms with Crippen LogP contribution in [0.3, 0.4) is 0 Å². The maximum atomic E-state index is 12.5. The molecule has 29 heavy (non-hydrogen) atoms. The first-order valence-corrected chi connectivity index (χ1v) is 11.1. The van der Waals surface area contributed by atoms with Crippen molar-refractivity contribution in [3.8, 4) is 11.5 Å². The highest BCUT2D eigenvalue weighted by Crippen LogP contribution is 2.59. The van der Waals surface area contributed by atoms with E-state index in [1.54, 1.807) is 0 Å². The molecule has 0 aromatic heterocycles. The van der Waals surface area contributed by atoms with Crippen molar-refractivity contribution in [3.63, 3.8) is 0 Å². The van der Waals surface area contributed by atoms with Crippen LogP contribution in [0.25, 0.3) is 0 Å². The molecule has 0 spiro atoms. The van der Waals surface area contributed by atoms with Crippen LogP contribution >= 0.6 is 0 Å². The van der Waals surface area contributed by atoms with Crippen LogP contribution in [0, 0.1) is 17.3 Å². The van der Waals surface area contributed by atoms with Crippen LogP contribution in [0.1, 0.15) is 56.1 Å². The number of carbonyl (C=O) groups is 1. The Morgan fingerprint density at radius 2 is 1.72 bits per heavy atom. The Morgan fingerprint density at radius 1 is 0.966 bits per heavy atom. The fourth-order valence-electron chi connectivity index (χ4n) is 6.34. The van der Waals surface area contributed by atoms with E-state index in [1.807, 2.05) is 26.2 Å². The van der Waals surface area contributed by atoms with E-state index in [-0.39, 0.29) is 5.41 Å². The third-order valence-corrected chi connectivity index (χ3v) is 8.00. The van der Waals surface area contributed by atoms with Crippen molar-refractivity contribution in [2.75, 3.05) is 19.0 Å². The molecule has 2 aromatic rings. The van der Waals surface area contributed by atoms with Crippen LogP contribution < -0.4 is 9.64 Å². The van der Waals surface area contributed by atoms with Crippen molar-refractivity contribution in [2.24, 2.45) is 17.3 Å². The molecule has 0 radical (unpaired) electrons. The summed E-state index contributed by atoms with van der Waals surface area (Å²) in [5.41, 5.74) is 4.09. The highest BCUT2D eigenvalue weighted by atomic mass is 16.5. The Bertz CT molecular complexity index is 932. The van der Waals surface area contributed by atoms with E-state index in [2.05, 4.69) is 42.2 Å². The largest absolute Gasteiger partial charge is 0.457 e. The molecule has 2 fully saturated rings. The summed E-state index contributed by atoms with van der Waals surface area (Å²) in [6, 6.07) is 14.9. The van der Waals surface area contributed by atoms with Crippen LogP contribution in [0.4, 0.5) is 5.69 Å². The fraction of sp³-hybridized carbons (Fsp3) is 0.500. The quantitative estimate of drug-likeness (QED) is 0.648. The molecule has 0 N–H and O–H groups in total. The summed E-state index contributed by atoms with van der Waals surface area (Å²) in [5, 5.41) is 0. The van der Waals surface area contributed by atoms with E-state index in [0.29, 0.717) is 23.5 Å². The average molecular weight is 390 g/mol. The van der Waals surface area contributed by atoms with Gasteiger partial charge in [-0.1, -0.05) is 13.0 Å². The zero-order valence-electron chi connectivity index (χ0n) is 17.8. The SMILES string of the molecule is CN(C)c1ccc(Oc2ccc3c(c2)CC[C@H]2[C@@H]3CC[C@]3(C)C(=O)CC[C@@H]23)cc1. The summed E-state index contributed by atoms with van der Waals surface area (Å²) in [5.74, 6) is 4.22. The molecule has 5 rings (SSSR count). The minimum absolute atomic E-state index is 0.0412. The number of nitrogens with zero attached hydrogens (tertiary/aromatic N) is 1. The molecule has 3 aliphatic carbocycles. The van der Waals surface area contributed by atoms with Crippen molar-refractivity contribution in [2.45, 2.75) is 51.4 Å². The molecule has 0 aliphatic heterocycles. The van der Waals surface area contributed by atoms with Gasteiger partial charge in [0.1, 0.15) is 17.3 Å². The van der Waals surface area contributed by atoms with Crippen LogP contribution in [-0.2, 0) is 11.2 Å². The Kier molecular flexibility index (Phi) is 4.45. The predicted octanol–water partition coefficient (Wildman–Crippen LogP) is 5.97. The minimum Gasteiger partial charge on any atom is -0.457 e. The first-order valence-electron chi connectivity index (χ1n) is 11.1. The zero-order valence-corrected chi connectivity index (χ0v) is 17.8. The van der Waals surface area contributed by atoms with Crippen LogP contribution in [0.2, 0.25) is 0 Å². The molecule has 152 valence electrons. The number of benzene rings is 2. The fourth-order valence-corrected chi connectivity index (χ4v) is 6.34. The van der Waals surface area contributed by atoms with Gasteiger partial charge in [0, 0.05) is 31.6 Å². The highest BCUT2D eigenvalue weighted by molar-refractivity contribution is 5.87. The molecule has 2 saturated carbocycles. The number of hydrogen-bond acceptors (Lipinski definition) is 3. The molecule has 2 aromatic carbocycles. The van der Waals surface area contributed by atoms with Gasteiger partial charge in [-0.2, -0.15) is 0 Å². The smallest absolute Gasteiger partial charge is 0.139 e. The van der Waals surface area contributed by atoms with E-state index >= 15 is 0 Å². The molecule has 0 saturated heterocycles. The summed E-state index contributed by atoms with van der Waals surface area (Å²) < 4.78 is 6.15. The molecule has 3 nitrogen and oxygen atoms in total. The number of aryl methyl sites for hydroxylation is 1. The molecule has 3 heteroatoms. The molecule has 0 heterocycles. The van der Waals surface area contributed by atoms with Gasteiger partial charge < -0.3 is 9.64 Å². The Hall–Kier alpha value is -2.29. The number of hydrogen-bond donors (Lipinski definition) is 0. The van der Waals surface area contributed by atoms with Gasteiger partial charge in [-0.15, -0.1) is 0 Å². The summed E-state index contributed by atoms with van der Waals surface area (Å²) in [7, 11) is 4.09. The molecule has 0 bridgehead atoms.